The van der Waals surface area contributed by atoms with Crippen LogP contribution in [-0.2, 0) is 16.1 Å². The Hall–Kier alpha value is -1.84. The molecule has 1 aliphatic heterocycles. The summed E-state index contributed by atoms with van der Waals surface area (Å²) in [5, 5.41) is 5.97. The van der Waals surface area contributed by atoms with Crippen molar-refractivity contribution in [3.05, 3.63) is 35.4 Å². The molecule has 1 aliphatic rings. The number of amides is 1. The van der Waals surface area contributed by atoms with Gasteiger partial charge >= 0.3 is 5.97 Å². The minimum Gasteiger partial charge on any atom is -0.466 e. The van der Waals surface area contributed by atoms with Gasteiger partial charge in [0.2, 0.25) is 0 Å². The number of aliphatic imine (C=N–C) groups is 1. The van der Waals surface area contributed by atoms with Gasteiger partial charge in [-0.05, 0) is 37.5 Å². The second-order valence-corrected chi connectivity index (χ2v) is 6.19. The summed E-state index contributed by atoms with van der Waals surface area (Å²) in [6, 6.07) is 7.50. The molecule has 1 fully saturated rings. The fourth-order valence-electron chi connectivity index (χ4n) is 3.07. The topological polar surface area (TPSA) is 83.0 Å². The van der Waals surface area contributed by atoms with Crippen LogP contribution in [-0.4, -0.2) is 56.5 Å². The maximum atomic E-state index is 11.8. The van der Waals surface area contributed by atoms with Gasteiger partial charge in [0, 0.05) is 39.3 Å². The standard InChI is InChI=1S/C19H28N4O3.HI/c1-4-26-18(25)15-8-10-23(11-9-15)19(21-3)22-13-14-6-5-7-16(12-14)17(24)20-2;/h5-7,12,15H,4,8-11,13H2,1-3H3,(H,20,24)(H,21,22);1H. The molecule has 0 atom stereocenters. The highest BCUT2D eigenvalue weighted by Gasteiger charge is 2.27. The maximum Gasteiger partial charge on any atom is 0.309 e. The minimum atomic E-state index is -0.0998. The van der Waals surface area contributed by atoms with Crippen LogP contribution in [0.15, 0.2) is 29.3 Å². The monoisotopic (exact) mass is 488 g/mol. The molecule has 2 N–H and O–H groups in total. The summed E-state index contributed by atoms with van der Waals surface area (Å²) in [5.74, 6) is 0.588. The first kappa shape index (κ1) is 23.2. The summed E-state index contributed by atoms with van der Waals surface area (Å²) >= 11 is 0. The average molecular weight is 488 g/mol. The zero-order valence-electron chi connectivity index (χ0n) is 16.2. The number of carbonyl (C=O) groups excluding carboxylic acids is 2. The van der Waals surface area contributed by atoms with Crippen molar-refractivity contribution in [2.75, 3.05) is 33.8 Å². The van der Waals surface area contributed by atoms with E-state index in [1.165, 1.54) is 0 Å². The molecule has 0 unspecified atom stereocenters. The molecule has 0 radical (unpaired) electrons. The number of carbonyl (C=O) groups is 2. The highest BCUT2D eigenvalue weighted by Crippen LogP contribution is 2.18. The number of nitrogens with zero attached hydrogens (tertiary/aromatic N) is 2. The van der Waals surface area contributed by atoms with Crippen LogP contribution in [0.1, 0.15) is 35.7 Å². The number of benzene rings is 1. The van der Waals surface area contributed by atoms with E-state index in [-0.39, 0.29) is 41.8 Å². The largest absolute Gasteiger partial charge is 0.466 e. The number of rotatable bonds is 5. The third-order valence-electron chi connectivity index (χ3n) is 4.49. The number of ether oxygens (including phenoxy) is 1. The molecule has 0 aromatic heterocycles. The summed E-state index contributed by atoms with van der Waals surface area (Å²) in [7, 11) is 3.37. The predicted octanol–water partition coefficient (Wildman–Crippen LogP) is 2.01. The number of hydrogen-bond acceptors (Lipinski definition) is 4. The van der Waals surface area contributed by atoms with Crippen LogP contribution in [0, 0.1) is 5.92 Å². The molecule has 1 heterocycles. The number of hydrogen-bond donors (Lipinski definition) is 2. The Morgan fingerprint density at radius 2 is 2.00 bits per heavy atom. The van der Waals surface area contributed by atoms with Crippen molar-refractivity contribution in [2.24, 2.45) is 10.9 Å². The van der Waals surface area contributed by atoms with Gasteiger partial charge < -0.3 is 20.3 Å². The molecule has 7 nitrogen and oxygen atoms in total. The van der Waals surface area contributed by atoms with Crippen molar-refractivity contribution in [2.45, 2.75) is 26.3 Å². The smallest absolute Gasteiger partial charge is 0.309 e. The Balaban J connectivity index is 0.00000364. The summed E-state index contributed by atoms with van der Waals surface area (Å²) in [4.78, 5) is 30.1. The lowest BCUT2D eigenvalue weighted by Crippen LogP contribution is -2.46. The molecule has 150 valence electrons. The first-order valence-corrected chi connectivity index (χ1v) is 9.02. The number of piperidine rings is 1. The van der Waals surface area contributed by atoms with E-state index in [0.29, 0.717) is 18.7 Å². The van der Waals surface area contributed by atoms with Gasteiger partial charge in [-0.3, -0.25) is 14.6 Å². The van der Waals surface area contributed by atoms with Gasteiger partial charge in [-0.15, -0.1) is 24.0 Å². The van der Waals surface area contributed by atoms with Gasteiger partial charge in [-0.25, -0.2) is 0 Å². The molecular formula is C19H29IN4O3. The summed E-state index contributed by atoms with van der Waals surface area (Å²) < 4.78 is 5.11. The van der Waals surface area contributed by atoms with Crippen molar-refractivity contribution in [1.82, 2.24) is 15.5 Å². The minimum absolute atomic E-state index is 0. The number of nitrogens with one attached hydrogen (secondary N) is 2. The van der Waals surface area contributed by atoms with E-state index in [2.05, 4.69) is 20.5 Å². The Morgan fingerprint density at radius 3 is 2.59 bits per heavy atom. The number of guanidine groups is 1. The Kier molecular flexibility index (Phi) is 10.1. The predicted molar refractivity (Wildman–Crippen MR) is 116 cm³/mol. The van der Waals surface area contributed by atoms with E-state index in [1.807, 2.05) is 25.1 Å². The number of halogens is 1. The van der Waals surface area contributed by atoms with Gasteiger partial charge in [0.15, 0.2) is 5.96 Å². The molecule has 1 aromatic rings. The lowest BCUT2D eigenvalue weighted by Gasteiger charge is -2.33. The fourth-order valence-corrected chi connectivity index (χ4v) is 3.07. The van der Waals surface area contributed by atoms with Crippen molar-refractivity contribution in [3.8, 4) is 0 Å². The van der Waals surface area contributed by atoms with Crippen molar-refractivity contribution < 1.29 is 14.3 Å². The van der Waals surface area contributed by atoms with Crippen LogP contribution in [0.5, 0.6) is 0 Å². The number of likely N-dealkylation sites (tertiary alicyclic amines) is 1. The van der Waals surface area contributed by atoms with Crippen LogP contribution in [0.4, 0.5) is 0 Å². The molecule has 2 rings (SSSR count). The second-order valence-electron chi connectivity index (χ2n) is 6.19. The molecule has 0 bridgehead atoms. The molecule has 0 saturated carbocycles. The third-order valence-corrected chi connectivity index (χ3v) is 4.49. The van der Waals surface area contributed by atoms with Gasteiger partial charge in [-0.1, -0.05) is 12.1 Å². The summed E-state index contributed by atoms with van der Waals surface area (Å²) in [6.45, 7) is 4.37. The van der Waals surface area contributed by atoms with Crippen LogP contribution in [0.3, 0.4) is 0 Å². The van der Waals surface area contributed by atoms with E-state index in [0.717, 1.165) is 37.5 Å². The van der Waals surface area contributed by atoms with E-state index < -0.39 is 0 Å². The van der Waals surface area contributed by atoms with Crippen LogP contribution in [0.2, 0.25) is 0 Å². The van der Waals surface area contributed by atoms with Crippen molar-refractivity contribution in [1.29, 1.82) is 0 Å². The highest BCUT2D eigenvalue weighted by atomic mass is 127. The Morgan fingerprint density at radius 1 is 1.30 bits per heavy atom. The van der Waals surface area contributed by atoms with E-state index >= 15 is 0 Å². The van der Waals surface area contributed by atoms with Gasteiger partial charge in [0.1, 0.15) is 0 Å². The first-order chi connectivity index (χ1) is 12.6. The van der Waals surface area contributed by atoms with E-state index in [9.17, 15) is 9.59 Å². The molecule has 8 heteroatoms. The molecule has 27 heavy (non-hydrogen) atoms. The fraction of sp³-hybridized carbons (Fsp3) is 0.526. The SMILES string of the molecule is CCOC(=O)C1CCN(C(=NC)NCc2cccc(C(=O)NC)c2)CC1.I. The van der Waals surface area contributed by atoms with Gasteiger partial charge in [0.05, 0.1) is 12.5 Å². The molecular weight excluding hydrogens is 459 g/mol. The lowest BCUT2D eigenvalue weighted by atomic mass is 9.97. The molecule has 1 amide bonds. The van der Waals surface area contributed by atoms with E-state index in [1.54, 1.807) is 20.2 Å². The molecule has 1 saturated heterocycles. The van der Waals surface area contributed by atoms with Gasteiger partial charge in [-0.2, -0.15) is 0 Å². The van der Waals surface area contributed by atoms with E-state index in [4.69, 9.17) is 4.74 Å². The number of esters is 1. The molecule has 0 spiro atoms. The summed E-state index contributed by atoms with van der Waals surface area (Å²) in [6.07, 6.45) is 1.54. The van der Waals surface area contributed by atoms with Crippen molar-refractivity contribution in [3.63, 3.8) is 0 Å². The quantitative estimate of drug-likeness (QED) is 0.287. The average Bonchev–Trinajstić information content (AvgIpc) is 2.68. The van der Waals surface area contributed by atoms with Crippen LogP contribution < -0.4 is 10.6 Å². The van der Waals surface area contributed by atoms with Gasteiger partial charge in [0.25, 0.3) is 5.91 Å². The molecule has 1 aromatic carbocycles. The summed E-state index contributed by atoms with van der Waals surface area (Å²) in [5.41, 5.74) is 1.64. The zero-order chi connectivity index (χ0) is 18.9. The van der Waals surface area contributed by atoms with Crippen molar-refractivity contribution >= 4 is 41.8 Å². The Labute approximate surface area is 178 Å². The lowest BCUT2D eigenvalue weighted by molar-refractivity contribution is -0.149. The first-order valence-electron chi connectivity index (χ1n) is 9.02. The second kappa shape index (κ2) is 11.8. The zero-order valence-corrected chi connectivity index (χ0v) is 18.5. The maximum absolute atomic E-state index is 11.8. The normalized spacial score (nSPS) is 14.9. The van der Waals surface area contributed by atoms with Crippen LogP contribution >= 0.6 is 24.0 Å². The highest BCUT2D eigenvalue weighted by molar-refractivity contribution is 14.0. The van der Waals surface area contributed by atoms with Crippen LogP contribution in [0.25, 0.3) is 0 Å². The third kappa shape index (κ3) is 6.67. The molecule has 0 aliphatic carbocycles. The Bertz CT molecular complexity index is 658.